The third-order valence-electron chi connectivity index (χ3n) is 2.07. The van der Waals surface area contributed by atoms with Crippen molar-refractivity contribution >= 4 is 12.0 Å². The van der Waals surface area contributed by atoms with E-state index in [9.17, 15) is 4.79 Å². The Kier molecular flexibility index (Phi) is 4.55. The van der Waals surface area contributed by atoms with Crippen molar-refractivity contribution in [1.29, 1.82) is 0 Å². The predicted molar refractivity (Wildman–Crippen MR) is 50.2 cm³/mol. The summed E-state index contributed by atoms with van der Waals surface area (Å²) in [4.78, 5) is 15.3. The van der Waals surface area contributed by atoms with Gasteiger partial charge in [-0.1, -0.05) is 5.16 Å². The monoisotopic (exact) mass is 201 g/mol. The molecule has 14 heavy (non-hydrogen) atoms. The summed E-state index contributed by atoms with van der Waals surface area (Å²) >= 11 is 0. The van der Waals surface area contributed by atoms with Gasteiger partial charge in [0.2, 0.25) is 0 Å². The highest BCUT2D eigenvalue weighted by atomic mass is 16.6. The molecule has 0 aromatic carbocycles. The van der Waals surface area contributed by atoms with Gasteiger partial charge >= 0.3 is 0 Å². The van der Waals surface area contributed by atoms with E-state index in [4.69, 9.17) is 9.57 Å². The lowest BCUT2D eigenvalue weighted by Gasteiger charge is -2.18. The minimum absolute atomic E-state index is 0.182. The van der Waals surface area contributed by atoms with Crippen LogP contribution in [0, 0.1) is 5.92 Å². The lowest BCUT2D eigenvalue weighted by Crippen LogP contribution is -2.32. The van der Waals surface area contributed by atoms with Crippen LogP contribution in [0.25, 0.3) is 0 Å². The van der Waals surface area contributed by atoms with E-state index in [0.29, 0.717) is 13.2 Å². The Morgan fingerprint density at radius 1 is 1.57 bits per heavy atom. The summed E-state index contributed by atoms with van der Waals surface area (Å²) < 4.78 is 9.40. The molecule has 2 heterocycles. The molecule has 0 bridgehead atoms. The maximum absolute atomic E-state index is 10.4. The molecule has 0 spiro atoms. The molecule has 5 heteroatoms. The number of methoxy groups -OCH3 is 1. The molecule has 5 nitrogen and oxygen atoms in total. The van der Waals surface area contributed by atoms with E-state index < -0.39 is 0 Å². The summed E-state index contributed by atoms with van der Waals surface area (Å²) in [6.45, 7) is 1.23. The van der Waals surface area contributed by atoms with Crippen molar-refractivity contribution in [3.63, 3.8) is 0 Å². The van der Waals surface area contributed by atoms with Crippen molar-refractivity contribution in [2.75, 3.05) is 27.4 Å². The number of fused-ring (bicyclic) bond motifs is 1. The lowest BCUT2D eigenvalue weighted by molar-refractivity contribution is -0.118. The van der Waals surface area contributed by atoms with Crippen molar-refractivity contribution in [3.05, 3.63) is 0 Å². The number of rotatable bonds is 1. The molecule has 0 amide bonds. The second-order valence-corrected chi connectivity index (χ2v) is 3.14. The highest BCUT2D eigenvalue weighted by molar-refractivity contribution is 5.92. The van der Waals surface area contributed by atoms with E-state index in [1.807, 2.05) is 0 Å². The minimum Gasteiger partial charge on any atom is -0.388 e. The Morgan fingerprint density at radius 3 is 2.93 bits per heavy atom. The molecule has 2 aliphatic heterocycles. The first-order valence-electron chi connectivity index (χ1n) is 4.49. The standard InChI is InChI=1S/C7H9NO3.C2H6O/c9-3-7-5-1-2-10-4-6(5)8-11-7;1-3-2/h3,5,7H,1-2,4H2;1-2H3. The van der Waals surface area contributed by atoms with Crippen molar-refractivity contribution < 1.29 is 19.1 Å². The number of carbonyl (C=O) groups is 1. The van der Waals surface area contributed by atoms with Gasteiger partial charge in [-0.2, -0.15) is 0 Å². The molecule has 1 saturated heterocycles. The quantitative estimate of drug-likeness (QED) is 0.570. The van der Waals surface area contributed by atoms with E-state index in [-0.39, 0.29) is 12.0 Å². The van der Waals surface area contributed by atoms with Crippen LogP contribution in [-0.4, -0.2) is 45.5 Å². The fraction of sp³-hybridized carbons (Fsp3) is 0.778. The van der Waals surface area contributed by atoms with Crippen LogP contribution >= 0.6 is 0 Å². The average Bonchev–Trinajstić information content (AvgIpc) is 2.62. The molecule has 0 saturated carbocycles. The molecule has 2 atom stereocenters. The first-order valence-corrected chi connectivity index (χ1v) is 4.49. The number of ether oxygens (including phenoxy) is 2. The van der Waals surface area contributed by atoms with E-state index in [2.05, 4.69) is 9.89 Å². The van der Waals surface area contributed by atoms with Crippen LogP contribution < -0.4 is 0 Å². The Bertz CT molecular complexity index is 217. The molecule has 0 radical (unpaired) electrons. The van der Waals surface area contributed by atoms with Crippen LogP contribution in [0.1, 0.15) is 6.42 Å². The first-order chi connectivity index (χ1) is 6.83. The maximum Gasteiger partial charge on any atom is 0.190 e. The zero-order chi connectivity index (χ0) is 10.4. The average molecular weight is 201 g/mol. The molecule has 0 aromatic rings. The van der Waals surface area contributed by atoms with Crippen LogP contribution in [0.5, 0.6) is 0 Å². The second kappa shape index (κ2) is 5.72. The van der Waals surface area contributed by atoms with Crippen LogP contribution in [0.3, 0.4) is 0 Å². The van der Waals surface area contributed by atoms with Gasteiger partial charge in [-0.3, -0.25) is 4.79 Å². The fourth-order valence-corrected chi connectivity index (χ4v) is 1.43. The van der Waals surface area contributed by atoms with Crippen molar-refractivity contribution in [2.24, 2.45) is 11.1 Å². The van der Waals surface area contributed by atoms with Gasteiger partial charge < -0.3 is 14.3 Å². The molecule has 1 fully saturated rings. The number of hydrogen-bond donors (Lipinski definition) is 0. The van der Waals surface area contributed by atoms with E-state index in [0.717, 1.165) is 18.4 Å². The summed E-state index contributed by atoms with van der Waals surface area (Å²) in [7, 11) is 3.25. The van der Waals surface area contributed by atoms with Crippen molar-refractivity contribution in [3.8, 4) is 0 Å². The normalized spacial score (nSPS) is 29.1. The van der Waals surface area contributed by atoms with Crippen molar-refractivity contribution in [1.82, 2.24) is 0 Å². The molecular weight excluding hydrogens is 186 g/mol. The van der Waals surface area contributed by atoms with Crippen LogP contribution in [0.4, 0.5) is 0 Å². The number of hydrogen-bond acceptors (Lipinski definition) is 5. The number of aldehydes is 1. The van der Waals surface area contributed by atoms with Gasteiger partial charge in [-0.15, -0.1) is 0 Å². The summed E-state index contributed by atoms with van der Waals surface area (Å²) in [5.41, 5.74) is 0.883. The zero-order valence-electron chi connectivity index (χ0n) is 8.43. The number of carbonyl (C=O) groups excluding carboxylic acids is 1. The first kappa shape index (κ1) is 11.1. The van der Waals surface area contributed by atoms with Gasteiger partial charge in [-0.25, -0.2) is 0 Å². The molecule has 0 aromatic heterocycles. The highest BCUT2D eigenvalue weighted by Gasteiger charge is 2.35. The number of oxime groups is 1. The summed E-state index contributed by atoms with van der Waals surface area (Å²) in [5, 5.41) is 3.77. The minimum atomic E-state index is -0.353. The van der Waals surface area contributed by atoms with Gasteiger partial charge in [0.05, 0.1) is 18.2 Å². The Balaban J connectivity index is 0.000000293. The van der Waals surface area contributed by atoms with Gasteiger partial charge in [0, 0.05) is 20.8 Å². The summed E-state index contributed by atoms with van der Waals surface area (Å²) in [5.74, 6) is 0.182. The van der Waals surface area contributed by atoms with Gasteiger partial charge in [0.15, 0.2) is 12.4 Å². The Hall–Kier alpha value is -0.940. The van der Waals surface area contributed by atoms with Crippen LogP contribution in [-0.2, 0) is 19.1 Å². The topological polar surface area (TPSA) is 57.1 Å². The van der Waals surface area contributed by atoms with Gasteiger partial charge in [0.25, 0.3) is 0 Å². The third kappa shape index (κ3) is 2.52. The molecule has 2 unspecified atom stereocenters. The van der Waals surface area contributed by atoms with Gasteiger partial charge in [-0.05, 0) is 6.42 Å². The fourth-order valence-electron chi connectivity index (χ4n) is 1.43. The second-order valence-electron chi connectivity index (χ2n) is 3.14. The van der Waals surface area contributed by atoms with E-state index >= 15 is 0 Å². The van der Waals surface area contributed by atoms with Crippen molar-refractivity contribution in [2.45, 2.75) is 12.5 Å². The van der Waals surface area contributed by atoms with Crippen LogP contribution in [0.2, 0.25) is 0 Å². The zero-order valence-corrected chi connectivity index (χ0v) is 8.43. The van der Waals surface area contributed by atoms with Crippen LogP contribution in [0.15, 0.2) is 5.16 Å². The molecule has 0 aliphatic carbocycles. The summed E-state index contributed by atoms with van der Waals surface area (Å²) in [6.07, 6.45) is 1.31. The molecule has 80 valence electrons. The molecule has 2 rings (SSSR count). The summed E-state index contributed by atoms with van der Waals surface area (Å²) in [6, 6.07) is 0. The smallest absolute Gasteiger partial charge is 0.190 e. The number of nitrogens with zero attached hydrogens (tertiary/aromatic N) is 1. The van der Waals surface area contributed by atoms with Gasteiger partial charge in [0.1, 0.15) is 0 Å². The third-order valence-corrected chi connectivity index (χ3v) is 2.07. The molecular formula is C9H15NO4. The maximum atomic E-state index is 10.4. The Labute approximate surface area is 83.0 Å². The Morgan fingerprint density at radius 2 is 2.29 bits per heavy atom. The lowest BCUT2D eigenvalue weighted by atomic mass is 9.94. The molecule has 0 N–H and O–H groups in total. The highest BCUT2D eigenvalue weighted by Crippen LogP contribution is 2.23. The van der Waals surface area contributed by atoms with E-state index in [1.165, 1.54) is 0 Å². The largest absolute Gasteiger partial charge is 0.388 e. The van der Waals surface area contributed by atoms with E-state index in [1.54, 1.807) is 14.2 Å². The molecule has 2 aliphatic rings. The predicted octanol–water partition coefficient (Wildman–Crippen LogP) is 0.239. The SMILES string of the molecule is COC.O=CC1ON=C2COCCC21.